The number of sulfonamides is 1. The molecule has 396 valence electrons. The van der Waals surface area contributed by atoms with Crippen LogP contribution in [-0.2, 0) is 36.0 Å². The number of piperazine rings is 1. The predicted octanol–water partition coefficient (Wildman–Crippen LogP) is 7.78. The number of aryl methyl sites for hydroxylation is 1. The minimum absolute atomic E-state index is 0.0510. The highest BCUT2D eigenvalue weighted by Crippen LogP contribution is 2.39. The number of rotatable bonds is 18. The van der Waals surface area contributed by atoms with Crippen molar-refractivity contribution in [1.29, 1.82) is 5.26 Å². The first-order chi connectivity index (χ1) is 36.3. The number of halogens is 1. The van der Waals surface area contributed by atoms with Crippen molar-refractivity contribution in [2.75, 3.05) is 79.5 Å². The Morgan fingerprint density at radius 2 is 1.80 bits per heavy atom. The van der Waals surface area contributed by atoms with Crippen LogP contribution in [0.4, 0.5) is 23.1 Å². The molecule has 20 heteroatoms. The molecule has 0 radical (unpaired) electrons. The lowest BCUT2D eigenvalue weighted by Crippen LogP contribution is -2.57. The third-order valence-corrected chi connectivity index (χ3v) is 18.1. The van der Waals surface area contributed by atoms with Crippen LogP contribution in [0.2, 0.25) is 5.02 Å². The van der Waals surface area contributed by atoms with Gasteiger partial charge in [0, 0.05) is 104 Å². The fraction of sp³-hybridized carbons (Fsp3) is 0.491. The number of hydrogen-bond acceptors (Lipinski definition) is 16. The summed E-state index contributed by atoms with van der Waals surface area (Å²) in [5.74, 6) is 2.69. The zero-order chi connectivity index (χ0) is 52.4. The Bertz CT molecular complexity index is 3210. The molecule has 8 heterocycles. The van der Waals surface area contributed by atoms with Gasteiger partial charge in [-0.25, -0.2) is 13.4 Å². The lowest BCUT2D eigenvalue weighted by molar-refractivity contribution is 0.153. The number of pyridine rings is 1. The number of nitrogens with zero attached hydrogens (tertiary/aromatic N) is 12. The number of nitrogens with one attached hydrogen (secondary N) is 1. The molecule has 0 amide bonds. The molecule has 0 unspecified atom stereocenters. The average molecular weight is 1060 g/mol. The number of anilines is 4. The van der Waals surface area contributed by atoms with Crippen LogP contribution >= 0.6 is 11.6 Å². The molecular formula is C55H68ClN13O5S. The molecule has 4 aliphatic heterocycles. The molecule has 0 saturated carbocycles. The van der Waals surface area contributed by atoms with Gasteiger partial charge in [-0.2, -0.15) is 29.1 Å². The fourth-order valence-corrected chi connectivity index (χ4v) is 13.4. The van der Waals surface area contributed by atoms with Gasteiger partial charge in [-0.05, 0) is 102 Å². The van der Waals surface area contributed by atoms with E-state index in [1.165, 1.54) is 4.31 Å². The SMILES string of the molecule is C=C(C(C)(C)Oc1ccncc1CNc1cc(N2CCCC[C@H]2CCO)nc2c(CC)cnn12)S(=O)(=O)N1CCN(c2nc(OC[C@@H]3CCCN3C)nc3c2CCN(c2cccc4cccc(Cl)c24)C3)C[C@@H]1CC#N. The second kappa shape index (κ2) is 22.1. The van der Waals surface area contributed by atoms with Crippen molar-refractivity contribution in [1.82, 2.24) is 38.8 Å². The summed E-state index contributed by atoms with van der Waals surface area (Å²) in [7, 11) is -2.15. The smallest absolute Gasteiger partial charge is 0.318 e. The molecule has 0 aliphatic carbocycles. The summed E-state index contributed by atoms with van der Waals surface area (Å²) in [4.78, 5) is 28.5. The molecule has 75 heavy (non-hydrogen) atoms. The number of ether oxygens (including phenoxy) is 2. The second-order valence-electron chi connectivity index (χ2n) is 20.7. The number of fused-ring (bicyclic) bond motifs is 3. The monoisotopic (exact) mass is 1060 g/mol. The normalized spacial score (nSPS) is 19.9. The summed E-state index contributed by atoms with van der Waals surface area (Å²) in [6.45, 7) is 14.2. The summed E-state index contributed by atoms with van der Waals surface area (Å²) < 4.78 is 46.2. The van der Waals surface area contributed by atoms with Gasteiger partial charge in [0.15, 0.2) is 5.65 Å². The third kappa shape index (κ3) is 10.6. The number of likely N-dealkylation sites (N-methyl/N-ethyl adjacent to an activating group) is 1. The van der Waals surface area contributed by atoms with E-state index in [9.17, 15) is 18.8 Å². The largest absolute Gasteiger partial charge is 0.482 e. The third-order valence-electron chi connectivity index (χ3n) is 15.6. The Hall–Kier alpha value is -6.30. The van der Waals surface area contributed by atoms with Crippen LogP contribution in [0.5, 0.6) is 11.8 Å². The van der Waals surface area contributed by atoms with E-state index in [0.717, 1.165) is 102 Å². The molecule has 18 nitrogen and oxygen atoms in total. The number of aliphatic hydroxyl groups excluding tert-OH is 1. The molecule has 3 saturated heterocycles. The van der Waals surface area contributed by atoms with Crippen molar-refractivity contribution in [3.63, 3.8) is 0 Å². The van der Waals surface area contributed by atoms with Gasteiger partial charge < -0.3 is 39.5 Å². The Labute approximate surface area is 445 Å². The molecule has 6 aromatic rings. The van der Waals surface area contributed by atoms with Crippen LogP contribution in [0.25, 0.3) is 16.4 Å². The van der Waals surface area contributed by atoms with Crippen molar-refractivity contribution in [3.8, 4) is 17.8 Å². The van der Waals surface area contributed by atoms with E-state index in [-0.39, 0.29) is 55.7 Å². The summed E-state index contributed by atoms with van der Waals surface area (Å²) in [5, 5.41) is 31.1. The number of aliphatic hydroxyl groups is 1. The molecule has 4 aliphatic rings. The standard InChI is InChI=1S/C55H68ClN13O5S/c1-6-38-33-60-69-49(30-50(62-52(38)69)67-25-8-7-14-41(67)21-29-70)59-32-40-31-58-23-19-48(40)74-55(3,4)37(2)75(71,72)68-28-27-66(34-42(68)18-22-57)53-44-20-26-65(47-17-10-13-39-12-9-16-45(56)51(39)47)35-46(44)61-54(63-53)73-36-43-15-11-24-64(43)5/h9-10,12-13,16-17,19,23,30-31,33,41-43,59,70H,2,6-8,11,14-15,18,20-21,24-29,32,34-36H2,1,3-5H3/t41-,42-,43-/m0/s1. The van der Waals surface area contributed by atoms with Crippen molar-refractivity contribution < 1.29 is 23.0 Å². The Morgan fingerprint density at radius 3 is 2.59 bits per heavy atom. The van der Waals surface area contributed by atoms with Gasteiger partial charge in [0.1, 0.15) is 35.4 Å². The molecule has 4 aromatic heterocycles. The van der Waals surface area contributed by atoms with Gasteiger partial charge in [0.05, 0.1) is 46.9 Å². The van der Waals surface area contributed by atoms with Crippen LogP contribution < -0.4 is 29.5 Å². The maximum atomic E-state index is 14.9. The molecule has 2 N–H and O–H groups in total. The van der Waals surface area contributed by atoms with Crippen molar-refractivity contribution >= 4 is 61.2 Å². The Kier molecular flexibility index (Phi) is 15.4. The van der Waals surface area contributed by atoms with E-state index in [1.807, 2.05) is 30.5 Å². The lowest BCUT2D eigenvalue weighted by atomic mass is 9.99. The number of benzene rings is 2. The highest BCUT2D eigenvalue weighted by atomic mass is 35.5. The molecule has 3 atom stereocenters. The molecule has 10 rings (SSSR count). The topological polar surface area (TPSA) is 194 Å². The quantitative estimate of drug-likeness (QED) is 0.0847. The van der Waals surface area contributed by atoms with Crippen LogP contribution in [0.3, 0.4) is 0 Å². The maximum absolute atomic E-state index is 14.9. The van der Waals surface area contributed by atoms with Crippen LogP contribution in [0.1, 0.15) is 88.1 Å². The molecular weight excluding hydrogens is 990 g/mol. The Morgan fingerprint density at radius 1 is 0.973 bits per heavy atom. The molecule has 3 fully saturated rings. The second-order valence-corrected chi connectivity index (χ2v) is 23.0. The van der Waals surface area contributed by atoms with Gasteiger partial charge in [-0.15, -0.1) is 0 Å². The first-order valence-electron chi connectivity index (χ1n) is 26.4. The number of nitriles is 1. The maximum Gasteiger partial charge on any atom is 0.318 e. The highest BCUT2D eigenvalue weighted by Gasteiger charge is 2.44. The summed E-state index contributed by atoms with van der Waals surface area (Å²) in [6, 6.07) is 18.2. The van der Waals surface area contributed by atoms with E-state index < -0.39 is 21.7 Å². The number of hydrogen-bond donors (Lipinski definition) is 2. The van der Waals surface area contributed by atoms with Crippen molar-refractivity contribution in [2.45, 2.75) is 115 Å². The van der Waals surface area contributed by atoms with Crippen LogP contribution in [0, 0.1) is 11.3 Å². The van der Waals surface area contributed by atoms with E-state index >= 15 is 0 Å². The van der Waals surface area contributed by atoms with Gasteiger partial charge in [-0.1, -0.05) is 49.4 Å². The van der Waals surface area contributed by atoms with Crippen molar-refractivity contribution in [2.24, 2.45) is 0 Å². The van der Waals surface area contributed by atoms with E-state index in [2.05, 4.69) is 74.7 Å². The minimum Gasteiger partial charge on any atom is -0.482 e. The molecule has 2 aromatic carbocycles. The highest BCUT2D eigenvalue weighted by molar-refractivity contribution is 7.93. The predicted molar refractivity (Wildman–Crippen MR) is 293 cm³/mol. The lowest BCUT2D eigenvalue weighted by Gasteiger charge is -2.43. The molecule has 0 bridgehead atoms. The van der Waals surface area contributed by atoms with Gasteiger partial charge in [-0.3, -0.25) is 4.98 Å². The zero-order valence-electron chi connectivity index (χ0n) is 43.5. The molecule has 0 spiro atoms. The average Bonchev–Trinajstić information content (AvgIpc) is 4.04. The summed E-state index contributed by atoms with van der Waals surface area (Å²) in [5.41, 5.74) is 3.90. The zero-order valence-corrected chi connectivity index (χ0v) is 45.0. The van der Waals surface area contributed by atoms with Crippen LogP contribution in [0.15, 0.2) is 78.6 Å². The van der Waals surface area contributed by atoms with E-state index in [1.54, 1.807) is 36.8 Å². The van der Waals surface area contributed by atoms with Gasteiger partial charge >= 0.3 is 6.01 Å². The number of aromatic nitrogens is 6. The first kappa shape index (κ1) is 52.2. The van der Waals surface area contributed by atoms with Crippen LogP contribution in [-0.4, -0.2) is 136 Å². The fourth-order valence-electron chi connectivity index (χ4n) is 11.3. The minimum atomic E-state index is -4.26. The van der Waals surface area contributed by atoms with Crippen molar-refractivity contribution in [3.05, 3.63) is 106 Å². The number of piperidine rings is 1. The van der Waals surface area contributed by atoms with Gasteiger partial charge in [0.2, 0.25) is 10.0 Å². The number of likely N-dealkylation sites (tertiary alicyclic amines) is 1. The summed E-state index contributed by atoms with van der Waals surface area (Å²) >= 11 is 6.82. The van der Waals surface area contributed by atoms with Gasteiger partial charge in [0.25, 0.3) is 0 Å². The van der Waals surface area contributed by atoms with E-state index in [0.29, 0.717) is 61.2 Å². The summed E-state index contributed by atoms with van der Waals surface area (Å²) in [6.07, 6.45) is 12.4. The first-order valence-corrected chi connectivity index (χ1v) is 28.2. The van der Waals surface area contributed by atoms with E-state index in [4.69, 9.17) is 41.1 Å². The Balaban J connectivity index is 0.876.